The van der Waals surface area contributed by atoms with Crippen molar-refractivity contribution in [3.8, 4) is 5.75 Å². The highest BCUT2D eigenvalue weighted by Crippen LogP contribution is 2.20. The molecule has 0 aliphatic rings. The normalized spacial score (nSPS) is 10.7. The minimum Gasteiger partial charge on any atom is -0.497 e. The summed E-state index contributed by atoms with van der Waals surface area (Å²) in [6, 6.07) is 12.5. The fraction of sp³-hybridized carbons (Fsp3) is 0.158. The number of nitrogens with one attached hydrogen (secondary N) is 1. The van der Waals surface area contributed by atoms with Gasteiger partial charge in [0.2, 0.25) is 5.43 Å². The van der Waals surface area contributed by atoms with Gasteiger partial charge in [-0.2, -0.15) is 0 Å². The second-order valence-corrected chi connectivity index (χ2v) is 6.42. The van der Waals surface area contributed by atoms with Crippen LogP contribution in [0.5, 0.6) is 5.75 Å². The van der Waals surface area contributed by atoms with Crippen molar-refractivity contribution in [1.29, 1.82) is 0 Å². The van der Waals surface area contributed by atoms with E-state index in [0.717, 1.165) is 9.99 Å². The summed E-state index contributed by atoms with van der Waals surface area (Å²) in [5.41, 5.74) is 1.19. The van der Waals surface area contributed by atoms with E-state index in [2.05, 4.69) is 21.2 Å². The average molecular weight is 401 g/mol. The Kier molecular flexibility index (Phi) is 4.90. The van der Waals surface area contributed by atoms with Gasteiger partial charge in [0.05, 0.1) is 18.0 Å². The Balaban J connectivity index is 2.08. The maximum Gasteiger partial charge on any atom is 0.261 e. The summed E-state index contributed by atoms with van der Waals surface area (Å²) in [6.45, 7) is 2.60. The number of benzene rings is 2. The summed E-state index contributed by atoms with van der Waals surface area (Å²) in [4.78, 5) is 25.4. The Morgan fingerprint density at radius 1 is 1.20 bits per heavy atom. The van der Waals surface area contributed by atoms with E-state index in [1.807, 2.05) is 29.7 Å². The van der Waals surface area contributed by atoms with Gasteiger partial charge in [0.1, 0.15) is 11.3 Å². The number of amides is 1. The van der Waals surface area contributed by atoms with E-state index in [9.17, 15) is 9.59 Å². The third kappa shape index (κ3) is 3.44. The Morgan fingerprint density at radius 2 is 1.92 bits per heavy atom. The van der Waals surface area contributed by atoms with Gasteiger partial charge in [0, 0.05) is 22.9 Å². The summed E-state index contributed by atoms with van der Waals surface area (Å²) >= 11 is 3.35. The number of carbonyl (C=O) groups is 1. The minimum atomic E-state index is -0.431. The highest BCUT2D eigenvalue weighted by atomic mass is 79.9. The van der Waals surface area contributed by atoms with Gasteiger partial charge >= 0.3 is 0 Å². The first-order valence-corrected chi connectivity index (χ1v) is 8.61. The molecule has 1 aromatic heterocycles. The summed E-state index contributed by atoms with van der Waals surface area (Å²) in [5.74, 6) is 0.150. The zero-order chi connectivity index (χ0) is 18.0. The van der Waals surface area contributed by atoms with Crippen LogP contribution in [0, 0.1) is 0 Å². The van der Waals surface area contributed by atoms with Gasteiger partial charge in [-0.1, -0.05) is 15.9 Å². The topological polar surface area (TPSA) is 60.3 Å². The molecular formula is C19H17BrN2O3. The first-order chi connectivity index (χ1) is 12.0. The molecule has 0 unspecified atom stereocenters. The zero-order valence-corrected chi connectivity index (χ0v) is 15.5. The molecule has 1 heterocycles. The van der Waals surface area contributed by atoms with Crippen LogP contribution in [0.2, 0.25) is 0 Å². The van der Waals surface area contributed by atoms with E-state index in [1.54, 1.807) is 37.6 Å². The number of aromatic nitrogens is 1. The largest absolute Gasteiger partial charge is 0.497 e. The van der Waals surface area contributed by atoms with Gasteiger partial charge in [0.15, 0.2) is 0 Å². The summed E-state index contributed by atoms with van der Waals surface area (Å²) in [7, 11) is 1.55. The molecule has 0 aliphatic carbocycles. The lowest BCUT2D eigenvalue weighted by molar-refractivity contribution is 0.102. The number of methoxy groups -OCH3 is 1. The smallest absolute Gasteiger partial charge is 0.261 e. The third-order valence-corrected chi connectivity index (χ3v) is 4.50. The maximum absolute atomic E-state index is 12.8. The van der Waals surface area contributed by atoms with Gasteiger partial charge in [-0.3, -0.25) is 9.59 Å². The molecule has 0 aliphatic heterocycles. The van der Waals surface area contributed by atoms with Crippen molar-refractivity contribution in [2.45, 2.75) is 13.5 Å². The van der Waals surface area contributed by atoms with Gasteiger partial charge in [-0.15, -0.1) is 0 Å². The van der Waals surface area contributed by atoms with Crippen molar-refractivity contribution < 1.29 is 9.53 Å². The van der Waals surface area contributed by atoms with Crippen molar-refractivity contribution >= 4 is 38.4 Å². The molecule has 0 fully saturated rings. The van der Waals surface area contributed by atoms with E-state index >= 15 is 0 Å². The number of fused-ring (bicyclic) bond motifs is 1. The van der Waals surface area contributed by atoms with Gasteiger partial charge < -0.3 is 14.6 Å². The fourth-order valence-electron chi connectivity index (χ4n) is 2.66. The van der Waals surface area contributed by atoms with Crippen molar-refractivity contribution in [2.24, 2.45) is 0 Å². The van der Waals surface area contributed by atoms with Crippen LogP contribution in [-0.2, 0) is 6.54 Å². The summed E-state index contributed by atoms with van der Waals surface area (Å²) in [5, 5.41) is 3.23. The second kappa shape index (κ2) is 7.11. The lowest BCUT2D eigenvalue weighted by atomic mass is 10.1. The Morgan fingerprint density at radius 3 is 2.56 bits per heavy atom. The number of pyridine rings is 1. The number of rotatable bonds is 4. The lowest BCUT2D eigenvalue weighted by Crippen LogP contribution is -2.23. The van der Waals surface area contributed by atoms with Gasteiger partial charge in [0.25, 0.3) is 5.91 Å². The second-order valence-electron chi connectivity index (χ2n) is 5.50. The predicted octanol–water partition coefficient (Wildman–Crippen LogP) is 4.04. The van der Waals surface area contributed by atoms with Gasteiger partial charge in [-0.05, 0) is 49.4 Å². The molecule has 3 aromatic rings. The molecule has 1 N–H and O–H groups in total. The van der Waals surface area contributed by atoms with E-state index in [-0.39, 0.29) is 11.0 Å². The molecule has 5 nitrogen and oxygen atoms in total. The SMILES string of the molecule is CCn1cc(C(=O)Nc2ccc(Br)cc2)c(=O)c2cc(OC)ccc21. The van der Waals surface area contributed by atoms with Crippen LogP contribution < -0.4 is 15.5 Å². The molecule has 0 atom stereocenters. The highest BCUT2D eigenvalue weighted by Gasteiger charge is 2.16. The molecule has 25 heavy (non-hydrogen) atoms. The Labute approximate surface area is 153 Å². The number of carbonyl (C=O) groups excluding carboxylic acids is 1. The predicted molar refractivity (Wildman–Crippen MR) is 103 cm³/mol. The zero-order valence-electron chi connectivity index (χ0n) is 13.9. The van der Waals surface area contributed by atoms with Crippen LogP contribution in [-0.4, -0.2) is 17.6 Å². The van der Waals surface area contributed by atoms with Crippen molar-refractivity contribution in [3.05, 3.63) is 68.9 Å². The molecular weight excluding hydrogens is 384 g/mol. The summed E-state index contributed by atoms with van der Waals surface area (Å²) < 4.78 is 8.00. The first kappa shape index (κ1) is 17.2. The molecule has 0 radical (unpaired) electrons. The molecule has 0 saturated carbocycles. The third-order valence-electron chi connectivity index (χ3n) is 3.97. The summed E-state index contributed by atoms with van der Waals surface area (Å²) in [6.07, 6.45) is 1.60. The van der Waals surface area contributed by atoms with E-state index in [4.69, 9.17) is 4.74 Å². The van der Waals surface area contributed by atoms with Crippen molar-refractivity contribution in [3.63, 3.8) is 0 Å². The monoisotopic (exact) mass is 400 g/mol. The van der Waals surface area contributed by atoms with E-state index < -0.39 is 5.91 Å². The number of anilines is 1. The number of aryl methyl sites for hydroxylation is 1. The van der Waals surface area contributed by atoms with Crippen LogP contribution in [0.3, 0.4) is 0 Å². The number of hydrogen-bond acceptors (Lipinski definition) is 3. The van der Waals surface area contributed by atoms with Crippen LogP contribution in [0.4, 0.5) is 5.69 Å². The molecule has 0 bridgehead atoms. The maximum atomic E-state index is 12.8. The fourth-order valence-corrected chi connectivity index (χ4v) is 2.92. The number of hydrogen-bond donors (Lipinski definition) is 1. The minimum absolute atomic E-state index is 0.102. The molecule has 0 saturated heterocycles. The van der Waals surface area contributed by atoms with Gasteiger partial charge in [-0.25, -0.2) is 0 Å². The standard InChI is InChI=1S/C19H17BrN2O3/c1-3-22-11-16(19(24)21-13-6-4-12(20)5-7-13)18(23)15-10-14(25-2)8-9-17(15)22/h4-11H,3H2,1-2H3,(H,21,24). The van der Waals surface area contributed by atoms with E-state index in [1.165, 1.54) is 0 Å². The van der Waals surface area contributed by atoms with Crippen molar-refractivity contribution in [2.75, 3.05) is 12.4 Å². The molecule has 128 valence electrons. The Bertz CT molecular complexity index is 994. The van der Waals surface area contributed by atoms with E-state index in [0.29, 0.717) is 23.4 Å². The lowest BCUT2D eigenvalue weighted by Gasteiger charge is -2.12. The molecule has 2 aromatic carbocycles. The number of halogens is 1. The van der Waals surface area contributed by atoms with Crippen LogP contribution >= 0.6 is 15.9 Å². The number of ether oxygens (including phenoxy) is 1. The highest BCUT2D eigenvalue weighted by molar-refractivity contribution is 9.10. The van der Waals surface area contributed by atoms with Crippen LogP contribution in [0.25, 0.3) is 10.9 Å². The molecule has 6 heteroatoms. The first-order valence-electron chi connectivity index (χ1n) is 7.81. The van der Waals surface area contributed by atoms with Crippen LogP contribution in [0.15, 0.2) is 57.9 Å². The average Bonchev–Trinajstić information content (AvgIpc) is 2.63. The van der Waals surface area contributed by atoms with Crippen molar-refractivity contribution in [1.82, 2.24) is 4.57 Å². The number of nitrogens with zero attached hydrogens (tertiary/aromatic N) is 1. The Hall–Kier alpha value is -2.60. The molecule has 1 amide bonds. The quantitative estimate of drug-likeness (QED) is 0.718. The molecule has 0 spiro atoms. The molecule has 3 rings (SSSR count). The van der Waals surface area contributed by atoms with Crippen LogP contribution in [0.1, 0.15) is 17.3 Å².